The summed E-state index contributed by atoms with van der Waals surface area (Å²) < 4.78 is 6.01. The summed E-state index contributed by atoms with van der Waals surface area (Å²) in [7, 11) is 0. The second-order valence-electron chi connectivity index (χ2n) is 10.1. The van der Waals surface area contributed by atoms with Crippen molar-refractivity contribution in [1.29, 1.82) is 0 Å². The summed E-state index contributed by atoms with van der Waals surface area (Å²) >= 11 is 0. The molecule has 0 bridgehead atoms. The summed E-state index contributed by atoms with van der Waals surface area (Å²) in [6, 6.07) is 19.8. The summed E-state index contributed by atoms with van der Waals surface area (Å²) in [5.41, 5.74) is 2.08. The first-order chi connectivity index (χ1) is 17.3. The molecule has 0 atom stereocenters. The van der Waals surface area contributed by atoms with Gasteiger partial charge in [-0.25, -0.2) is 5.06 Å². The average molecular weight is 490 g/mol. The van der Waals surface area contributed by atoms with Gasteiger partial charge >= 0.3 is 0 Å². The van der Waals surface area contributed by atoms with Gasteiger partial charge in [-0.05, 0) is 17.2 Å². The highest BCUT2D eigenvalue weighted by Gasteiger charge is 2.33. The average Bonchev–Trinajstić information content (AvgIpc) is 2.91. The number of ether oxygens (including phenoxy) is 1. The lowest BCUT2D eigenvalue weighted by Gasteiger charge is -2.39. The molecule has 36 heavy (non-hydrogen) atoms. The third kappa shape index (κ3) is 6.55. The van der Waals surface area contributed by atoms with Crippen molar-refractivity contribution in [1.82, 2.24) is 14.9 Å². The molecule has 0 radical (unpaired) electrons. The molecule has 0 aliphatic carbocycles. The SMILES string of the molecule is CC(C)(C)C(=O)N1CCN(C(=O)C2=CC(OCc3ccccc3)=CCN2OCc2ccccc2)CC1. The minimum atomic E-state index is -0.435. The van der Waals surface area contributed by atoms with Crippen LogP contribution in [0.15, 0.2) is 84.3 Å². The molecule has 2 aliphatic heterocycles. The van der Waals surface area contributed by atoms with Gasteiger partial charge in [0.2, 0.25) is 5.91 Å². The van der Waals surface area contributed by atoms with E-state index in [9.17, 15) is 9.59 Å². The third-order valence-electron chi connectivity index (χ3n) is 6.20. The van der Waals surface area contributed by atoms with Crippen LogP contribution in [0.1, 0.15) is 31.9 Å². The van der Waals surface area contributed by atoms with Crippen molar-refractivity contribution in [2.75, 3.05) is 32.7 Å². The third-order valence-corrected chi connectivity index (χ3v) is 6.20. The van der Waals surface area contributed by atoms with Crippen molar-refractivity contribution < 1.29 is 19.2 Å². The Kier molecular flexibility index (Phi) is 8.10. The fourth-order valence-corrected chi connectivity index (χ4v) is 4.14. The van der Waals surface area contributed by atoms with E-state index in [1.807, 2.05) is 92.4 Å². The predicted molar refractivity (Wildman–Crippen MR) is 138 cm³/mol. The van der Waals surface area contributed by atoms with Crippen molar-refractivity contribution in [2.45, 2.75) is 34.0 Å². The highest BCUT2D eigenvalue weighted by atomic mass is 16.7. The quantitative estimate of drug-likeness (QED) is 0.585. The first kappa shape index (κ1) is 25.5. The molecule has 190 valence electrons. The van der Waals surface area contributed by atoms with Crippen molar-refractivity contribution in [3.05, 3.63) is 95.4 Å². The van der Waals surface area contributed by atoms with E-state index in [1.54, 1.807) is 16.0 Å². The molecule has 2 aliphatic rings. The van der Waals surface area contributed by atoms with Crippen LogP contribution in [0, 0.1) is 5.41 Å². The van der Waals surface area contributed by atoms with Gasteiger partial charge in [0.1, 0.15) is 18.1 Å². The van der Waals surface area contributed by atoms with Crippen molar-refractivity contribution in [3.63, 3.8) is 0 Å². The summed E-state index contributed by atoms with van der Waals surface area (Å²) in [5, 5.41) is 1.64. The standard InChI is InChI=1S/C29H35N3O4/c1-29(2,3)28(34)31-18-16-30(17-19-31)27(33)26-20-25(35-21-23-10-6-4-7-11-23)14-15-32(26)36-22-24-12-8-5-9-13-24/h4-14,20H,15-19,21-22H2,1-3H3. The molecular formula is C29H35N3O4. The van der Waals surface area contributed by atoms with Crippen LogP contribution in [0.2, 0.25) is 0 Å². The minimum Gasteiger partial charge on any atom is -0.489 e. The minimum absolute atomic E-state index is 0.110. The Labute approximate surface area is 213 Å². The number of amides is 2. The van der Waals surface area contributed by atoms with E-state index in [0.29, 0.717) is 57.4 Å². The molecule has 2 amide bonds. The smallest absolute Gasteiger partial charge is 0.272 e. The monoisotopic (exact) mass is 489 g/mol. The number of hydrogen-bond acceptors (Lipinski definition) is 5. The van der Waals surface area contributed by atoms with Crippen molar-refractivity contribution in [3.8, 4) is 0 Å². The fraction of sp³-hybridized carbons (Fsp3) is 0.379. The molecule has 0 spiro atoms. The Balaban J connectivity index is 1.45. The molecule has 7 heteroatoms. The summed E-state index contributed by atoms with van der Waals surface area (Å²) in [4.78, 5) is 36.0. The van der Waals surface area contributed by atoms with Gasteiger partial charge in [0.25, 0.3) is 5.91 Å². The Morgan fingerprint density at radius 2 is 1.36 bits per heavy atom. The lowest BCUT2D eigenvalue weighted by molar-refractivity contribution is -0.158. The first-order valence-corrected chi connectivity index (χ1v) is 12.4. The van der Waals surface area contributed by atoms with Gasteiger partial charge in [0, 0.05) is 37.7 Å². The van der Waals surface area contributed by atoms with Crippen LogP contribution in [-0.2, 0) is 32.4 Å². The number of carbonyl (C=O) groups excluding carboxylic acids is 2. The van der Waals surface area contributed by atoms with Gasteiger partial charge in [0.15, 0.2) is 0 Å². The molecule has 7 nitrogen and oxygen atoms in total. The van der Waals surface area contributed by atoms with Crippen LogP contribution < -0.4 is 0 Å². The van der Waals surface area contributed by atoms with E-state index in [4.69, 9.17) is 9.57 Å². The highest BCUT2D eigenvalue weighted by molar-refractivity contribution is 5.93. The number of piperazine rings is 1. The van der Waals surface area contributed by atoms with E-state index >= 15 is 0 Å². The van der Waals surface area contributed by atoms with Crippen molar-refractivity contribution >= 4 is 11.8 Å². The molecule has 0 N–H and O–H groups in total. The Hall–Kier alpha value is -3.58. The van der Waals surface area contributed by atoms with Crippen LogP contribution in [-0.4, -0.2) is 59.4 Å². The van der Waals surface area contributed by atoms with Gasteiger partial charge in [-0.1, -0.05) is 81.4 Å². The summed E-state index contributed by atoms with van der Waals surface area (Å²) in [6.45, 7) is 8.94. The maximum absolute atomic E-state index is 13.6. The Morgan fingerprint density at radius 3 is 1.94 bits per heavy atom. The molecule has 2 heterocycles. The first-order valence-electron chi connectivity index (χ1n) is 12.4. The molecule has 4 rings (SSSR count). The van der Waals surface area contributed by atoms with E-state index in [-0.39, 0.29) is 11.8 Å². The number of nitrogens with zero attached hydrogens (tertiary/aromatic N) is 3. The zero-order chi connectivity index (χ0) is 25.5. The largest absolute Gasteiger partial charge is 0.489 e. The Morgan fingerprint density at radius 1 is 0.806 bits per heavy atom. The highest BCUT2D eigenvalue weighted by Crippen LogP contribution is 2.23. The van der Waals surface area contributed by atoms with Gasteiger partial charge in [0.05, 0.1) is 13.2 Å². The molecule has 2 aromatic carbocycles. The maximum Gasteiger partial charge on any atom is 0.272 e. The topological polar surface area (TPSA) is 62.3 Å². The van der Waals surface area contributed by atoms with Gasteiger partial charge in [-0.3, -0.25) is 14.4 Å². The van der Waals surface area contributed by atoms with Crippen LogP contribution in [0.25, 0.3) is 0 Å². The van der Waals surface area contributed by atoms with E-state index in [0.717, 1.165) is 11.1 Å². The van der Waals surface area contributed by atoms with Crippen LogP contribution in [0.4, 0.5) is 0 Å². The number of rotatable bonds is 7. The lowest BCUT2D eigenvalue weighted by Crippen LogP contribution is -2.54. The number of allylic oxidation sites excluding steroid dienone is 1. The fourth-order valence-electron chi connectivity index (χ4n) is 4.14. The molecule has 0 unspecified atom stereocenters. The molecular weight excluding hydrogens is 454 g/mol. The molecule has 2 aromatic rings. The van der Waals surface area contributed by atoms with Gasteiger partial charge in [-0.15, -0.1) is 0 Å². The van der Waals surface area contributed by atoms with Crippen LogP contribution >= 0.6 is 0 Å². The molecule has 0 aromatic heterocycles. The van der Waals surface area contributed by atoms with Crippen LogP contribution in [0.5, 0.6) is 0 Å². The number of hydroxylamine groups is 2. The summed E-state index contributed by atoms with van der Waals surface area (Å²) in [5.74, 6) is 0.627. The molecule has 0 saturated carbocycles. The van der Waals surface area contributed by atoms with E-state index in [1.165, 1.54) is 0 Å². The van der Waals surface area contributed by atoms with E-state index < -0.39 is 5.41 Å². The number of hydrogen-bond donors (Lipinski definition) is 0. The second-order valence-corrected chi connectivity index (χ2v) is 10.1. The predicted octanol–water partition coefficient (Wildman–Crippen LogP) is 4.14. The Bertz CT molecular complexity index is 1100. The number of carbonyl (C=O) groups is 2. The zero-order valence-electron chi connectivity index (χ0n) is 21.4. The number of benzene rings is 2. The van der Waals surface area contributed by atoms with E-state index in [2.05, 4.69) is 0 Å². The van der Waals surface area contributed by atoms with Crippen LogP contribution in [0.3, 0.4) is 0 Å². The maximum atomic E-state index is 13.6. The molecule has 1 saturated heterocycles. The zero-order valence-corrected chi connectivity index (χ0v) is 21.4. The molecule has 1 fully saturated rings. The van der Waals surface area contributed by atoms with Gasteiger partial charge in [-0.2, -0.15) is 0 Å². The normalized spacial score (nSPS) is 16.4. The second kappa shape index (κ2) is 11.4. The summed E-state index contributed by atoms with van der Waals surface area (Å²) in [6.07, 6.45) is 3.68. The lowest BCUT2D eigenvalue weighted by atomic mass is 9.94. The van der Waals surface area contributed by atoms with Gasteiger partial charge < -0.3 is 14.5 Å². The van der Waals surface area contributed by atoms with Crippen molar-refractivity contribution in [2.24, 2.45) is 5.41 Å².